The first-order valence-corrected chi connectivity index (χ1v) is 12.3. The second-order valence-corrected chi connectivity index (χ2v) is 8.76. The molecule has 1 aliphatic carbocycles. The predicted octanol–water partition coefficient (Wildman–Crippen LogP) is 5.08. The fraction of sp³-hybridized carbons (Fsp3) is 0.333. The van der Waals surface area contributed by atoms with E-state index in [-0.39, 0.29) is 6.61 Å². The zero-order valence-corrected chi connectivity index (χ0v) is 20.3. The maximum atomic E-state index is 9.83. The highest BCUT2D eigenvalue weighted by molar-refractivity contribution is 5.71. The van der Waals surface area contributed by atoms with Gasteiger partial charge < -0.3 is 24.5 Å². The molecule has 36 heavy (non-hydrogen) atoms. The molecule has 0 unspecified atom stereocenters. The van der Waals surface area contributed by atoms with E-state index in [1.165, 1.54) is 25.7 Å². The topological polar surface area (TPSA) is 109 Å². The molecule has 2 heterocycles. The summed E-state index contributed by atoms with van der Waals surface area (Å²) in [6.07, 6.45) is 8.76. The fourth-order valence-corrected chi connectivity index (χ4v) is 4.66. The van der Waals surface area contributed by atoms with Crippen LogP contribution in [0.2, 0.25) is 0 Å². The third-order valence-corrected chi connectivity index (χ3v) is 6.42. The Balaban J connectivity index is 1.52. The van der Waals surface area contributed by atoms with E-state index < -0.39 is 0 Å². The number of nitrogens with zero attached hydrogens (tertiary/aromatic N) is 5. The summed E-state index contributed by atoms with van der Waals surface area (Å²) in [7, 11) is 1.62. The fourth-order valence-electron chi connectivity index (χ4n) is 4.66. The van der Waals surface area contributed by atoms with Gasteiger partial charge in [-0.05, 0) is 25.0 Å². The number of aliphatic hydroxyl groups excluding tert-OH is 1. The smallest absolute Gasteiger partial charge is 0.232 e. The zero-order valence-electron chi connectivity index (χ0n) is 20.3. The van der Waals surface area contributed by atoms with Crippen LogP contribution < -0.4 is 15.0 Å². The van der Waals surface area contributed by atoms with E-state index in [2.05, 4.69) is 15.2 Å². The van der Waals surface area contributed by atoms with Crippen molar-refractivity contribution in [2.24, 2.45) is 0 Å². The average Bonchev–Trinajstić information content (AvgIpc) is 3.47. The molecule has 0 aliphatic heterocycles. The normalized spacial score (nSPS) is 13.9. The lowest BCUT2D eigenvalue weighted by Gasteiger charge is -2.34. The van der Waals surface area contributed by atoms with Gasteiger partial charge in [-0.3, -0.25) is 0 Å². The molecule has 2 N–H and O–H groups in total. The van der Waals surface area contributed by atoms with Gasteiger partial charge in [0.25, 0.3) is 0 Å². The summed E-state index contributed by atoms with van der Waals surface area (Å²) in [5, 5.41) is 13.2. The summed E-state index contributed by atoms with van der Waals surface area (Å²) in [6.45, 7) is 0.508. The van der Waals surface area contributed by atoms with Gasteiger partial charge in [-0.2, -0.15) is 15.0 Å². The number of aliphatic hydroxyl groups is 1. The van der Waals surface area contributed by atoms with Crippen LogP contribution in [0.15, 0.2) is 65.5 Å². The monoisotopic (exact) mass is 486 g/mol. The van der Waals surface area contributed by atoms with Gasteiger partial charge in [-0.25, -0.2) is 4.98 Å². The highest BCUT2D eigenvalue weighted by Gasteiger charge is 2.24. The number of rotatable bonds is 9. The molecule has 9 nitrogen and oxygen atoms in total. The van der Waals surface area contributed by atoms with Gasteiger partial charge in [0.2, 0.25) is 11.9 Å². The molecular weight excluding hydrogens is 456 g/mol. The molecule has 0 amide bonds. The first-order chi connectivity index (χ1) is 17.7. The molecule has 4 aromatic rings. The lowest BCUT2D eigenvalue weighted by atomic mass is 9.94. The lowest BCUT2D eigenvalue weighted by Crippen LogP contribution is -2.40. The summed E-state index contributed by atoms with van der Waals surface area (Å²) in [4.78, 5) is 20.5. The van der Waals surface area contributed by atoms with Crippen LogP contribution in [0.4, 0.5) is 17.6 Å². The van der Waals surface area contributed by atoms with Crippen molar-refractivity contribution in [1.29, 1.82) is 0 Å². The molecule has 2 aromatic heterocycles. The van der Waals surface area contributed by atoms with Gasteiger partial charge in [-0.15, -0.1) is 0 Å². The molecular formula is C27H30N6O3. The van der Waals surface area contributed by atoms with Crippen molar-refractivity contribution in [1.82, 2.24) is 19.9 Å². The summed E-state index contributed by atoms with van der Waals surface area (Å²) in [6, 6.07) is 15.8. The van der Waals surface area contributed by atoms with E-state index in [0.717, 1.165) is 29.7 Å². The maximum absolute atomic E-state index is 9.83. The van der Waals surface area contributed by atoms with Crippen LogP contribution in [-0.4, -0.2) is 51.3 Å². The van der Waals surface area contributed by atoms with E-state index in [1.807, 2.05) is 48.5 Å². The Morgan fingerprint density at radius 1 is 1.06 bits per heavy atom. The van der Waals surface area contributed by atoms with Crippen molar-refractivity contribution in [2.45, 2.75) is 38.1 Å². The predicted molar refractivity (Wildman–Crippen MR) is 138 cm³/mol. The van der Waals surface area contributed by atoms with E-state index >= 15 is 0 Å². The van der Waals surface area contributed by atoms with E-state index in [4.69, 9.17) is 24.1 Å². The highest BCUT2D eigenvalue weighted by Crippen LogP contribution is 2.33. The number of benzene rings is 2. The summed E-state index contributed by atoms with van der Waals surface area (Å²) >= 11 is 0. The zero-order chi connectivity index (χ0) is 24.7. The van der Waals surface area contributed by atoms with Crippen molar-refractivity contribution < 1.29 is 14.3 Å². The van der Waals surface area contributed by atoms with Crippen LogP contribution in [0.5, 0.6) is 5.75 Å². The Kier molecular flexibility index (Phi) is 7.37. The summed E-state index contributed by atoms with van der Waals surface area (Å²) in [5.74, 6) is 2.83. The van der Waals surface area contributed by atoms with Crippen LogP contribution in [-0.2, 0) is 0 Å². The van der Waals surface area contributed by atoms with Crippen molar-refractivity contribution in [3.05, 3.63) is 61.1 Å². The molecule has 1 fully saturated rings. The minimum absolute atomic E-state index is 0.0336. The standard InChI is InChI=1S/C27H30N6O3/c1-35-23-16-20(12-13-22(23)24-17-28-18-36-24)29-26-30-25(19-8-4-2-5-9-19)31-27(32-26)33(14-15-34)21-10-6-3-7-11-21/h2,4-5,8-9,12-13,16-18,21,34H,3,6-7,10-11,14-15H2,1H3,(H,29,30,31,32). The number of oxazole rings is 1. The number of ether oxygens (including phenoxy) is 1. The second-order valence-electron chi connectivity index (χ2n) is 8.76. The van der Waals surface area contributed by atoms with Crippen molar-refractivity contribution in [2.75, 3.05) is 30.5 Å². The van der Waals surface area contributed by atoms with Gasteiger partial charge >= 0.3 is 0 Å². The average molecular weight is 487 g/mol. The second kappa shape index (κ2) is 11.2. The van der Waals surface area contributed by atoms with E-state index in [1.54, 1.807) is 13.3 Å². The van der Waals surface area contributed by atoms with E-state index in [9.17, 15) is 5.11 Å². The number of anilines is 3. The van der Waals surface area contributed by atoms with Crippen LogP contribution in [0.25, 0.3) is 22.7 Å². The van der Waals surface area contributed by atoms with Gasteiger partial charge in [0.1, 0.15) is 5.75 Å². The van der Waals surface area contributed by atoms with Crippen LogP contribution in [0, 0.1) is 0 Å². The van der Waals surface area contributed by atoms with Gasteiger partial charge in [0.15, 0.2) is 18.0 Å². The van der Waals surface area contributed by atoms with E-state index in [0.29, 0.717) is 41.8 Å². The van der Waals surface area contributed by atoms with Crippen molar-refractivity contribution in [3.63, 3.8) is 0 Å². The number of hydrogen-bond donors (Lipinski definition) is 2. The Morgan fingerprint density at radius 2 is 1.89 bits per heavy atom. The Bertz CT molecular complexity index is 1260. The molecule has 0 radical (unpaired) electrons. The first-order valence-electron chi connectivity index (χ1n) is 12.3. The molecule has 1 saturated carbocycles. The largest absolute Gasteiger partial charge is 0.496 e. The van der Waals surface area contributed by atoms with Gasteiger partial charge in [0.05, 0.1) is 25.5 Å². The molecule has 186 valence electrons. The number of methoxy groups -OCH3 is 1. The lowest BCUT2D eigenvalue weighted by molar-refractivity contribution is 0.288. The molecule has 0 spiro atoms. The number of aromatic nitrogens is 4. The van der Waals surface area contributed by atoms with Crippen LogP contribution in [0.3, 0.4) is 0 Å². The van der Waals surface area contributed by atoms with Crippen LogP contribution in [0.1, 0.15) is 32.1 Å². The minimum atomic E-state index is 0.0336. The Hall–Kier alpha value is -3.98. The third-order valence-electron chi connectivity index (χ3n) is 6.42. The number of hydrogen-bond acceptors (Lipinski definition) is 9. The SMILES string of the molecule is COc1cc(Nc2nc(-c3ccccc3)nc(N(CCO)C3CCCCC3)n2)ccc1-c1cnco1. The summed E-state index contributed by atoms with van der Waals surface area (Å²) in [5.41, 5.74) is 2.46. The Morgan fingerprint density at radius 3 is 2.61 bits per heavy atom. The van der Waals surface area contributed by atoms with Crippen molar-refractivity contribution in [3.8, 4) is 28.5 Å². The van der Waals surface area contributed by atoms with Crippen LogP contribution >= 0.6 is 0 Å². The Labute approximate surface area is 210 Å². The molecule has 2 aromatic carbocycles. The third kappa shape index (κ3) is 5.31. The first kappa shape index (κ1) is 23.7. The molecule has 1 aliphatic rings. The quantitative estimate of drug-likeness (QED) is 0.335. The molecule has 0 bridgehead atoms. The maximum Gasteiger partial charge on any atom is 0.232 e. The molecule has 0 saturated heterocycles. The van der Waals surface area contributed by atoms with Gasteiger partial charge in [-0.1, -0.05) is 49.6 Å². The number of nitrogens with one attached hydrogen (secondary N) is 1. The highest BCUT2D eigenvalue weighted by atomic mass is 16.5. The molecule has 5 rings (SSSR count). The van der Waals surface area contributed by atoms with Gasteiger partial charge in [0, 0.05) is 29.9 Å². The molecule has 9 heteroatoms. The minimum Gasteiger partial charge on any atom is -0.496 e. The van der Waals surface area contributed by atoms with Crippen molar-refractivity contribution >= 4 is 17.6 Å². The molecule has 0 atom stereocenters. The summed E-state index contributed by atoms with van der Waals surface area (Å²) < 4.78 is 11.0.